The third-order valence-electron chi connectivity index (χ3n) is 2.10. The molecule has 0 saturated carbocycles. The number of nitrogens with two attached hydrogens (primary N) is 1. The maximum Gasteiger partial charge on any atom is 0.222 e. The van der Waals surface area contributed by atoms with E-state index in [9.17, 15) is 9.59 Å². The predicted molar refractivity (Wildman–Crippen MR) is 55.6 cm³/mol. The molecule has 0 aliphatic carbocycles. The number of primary amides is 1. The van der Waals surface area contributed by atoms with Crippen molar-refractivity contribution in [2.75, 3.05) is 6.54 Å². The van der Waals surface area contributed by atoms with E-state index in [0.29, 0.717) is 25.8 Å². The molecule has 2 amide bonds. The Balaban J connectivity index is 3.87. The van der Waals surface area contributed by atoms with E-state index in [1.54, 1.807) is 4.90 Å². The zero-order valence-electron chi connectivity index (χ0n) is 9.25. The number of amides is 2. The first-order valence-electron chi connectivity index (χ1n) is 5.06. The monoisotopic (exact) mass is 200 g/mol. The summed E-state index contributed by atoms with van der Waals surface area (Å²) in [6.07, 6.45) is 1.26. The summed E-state index contributed by atoms with van der Waals surface area (Å²) < 4.78 is 0. The molecule has 0 rings (SSSR count). The van der Waals surface area contributed by atoms with E-state index in [-0.39, 0.29) is 17.9 Å². The van der Waals surface area contributed by atoms with Crippen LogP contribution in [0.25, 0.3) is 0 Å². The summed E-state index contributed by atoms with van der Waals surface area (Å²) in [5, 5.41) is 0. The molecule has 2 N–H and O–H groups in total. The third kappa shape index (κ3) is 4.84. The van der Waals surface area contributed by atoms with Crippen LogP contribution in [0.3, 0.4) is 0 Å². The number of rotatable bonds is 6. The fraction of sp³-hybridized carbons (Fsp3) is 0.800. The van der Waals surface area contributed by atoms with Gasteiger partial charge in [-0.05, 0) is 27.2 Å². The highest BCUT2D eigenvalue weighted by atomic mass is 16.2. The minimum absolute atomic E-state index is 0.101. The van der Waals surface area contributed by atoms with Crippen LogP contribution in [0, 0.1) is 0 Å². The van der Waals surface area contributed by atoms with E-state index in [2.05, 4.69) is 0 Å². The Hall–Kier alpha value is -1.06. The van der Waals surface area contributed by atoms with E-state index in [1.165, 1.54) is 0 Å². The van der Waals surface area contributed by atoms with Crippen molar-refractivity contribution in [2.45, 2.75) is 46.1 Å². The SMILES string of the molecule is CCN(C(=O)CCCC(N)=O)C(C)C. The first kappa shape index (κ1) is 12.9. The molecule has 14 heavy (non-hydrogen) atoms. The summed E-state index contributed by atoms with van der Waals surface area (Å²) in [5.41, 5.74) is 4.98. The number of hydrogen-bond acceptors (Lipinski definition) is 2. The van der Waals surface area contributed by atoms with Crippen LogP contribution in [0.2, 0.25) is 0 Å². The largest absolute Gasteiger partial charge is 0.370 e. The molecule has 0 aromatic carbocycles. The van der Waals surface area contributed by atoms with Crippen molar-refractivity contribution in [2.24, 2.45) is 5.73 Å². The molecule has 0 unspecified atom stereocenters. The number of carbonyl (C=O) groups excluding carboxylic acids is 2. The van der Waals surface area contributed by atoms with Crippen molar-refractivity contribution in [3.63, 3.8) is 0 Å². The van der Waals surface area contributed by atoms with Crippen molar-refractivity contribution >= 4 is 11.8 Å². The second kappa shape index (κ2) is 6.40. The highest BCUT2D eigenvalue weighted by molar-refractivity contribution is 5.78. The summed E-state index contributed by atoms with van der Waals surface area (Å²) in [7, 11) is 0. The van der Waals surface area contributed by atoms with E-state index in [1.807, 2.05) is 20.8 Å². The van der Waals surface area contributed by atoms with Crippen molar-refractivity contribution in [1.29, 1.82) is 0 Å². The lowest BCUT2D eigenvalue weighted by Crippen LogP contribution is -2.36. The van der Waals surface area contributed by atoms with Gasteiger partial charge >= 0.3 is 0 Å². The van der Waals surface area contributed by atoms with Gasteiger partial charge in [0.15, 0.2) is 0 Å². The van der Waals surface area contributed by atoms with Crippen LogP contribution in [0.5, 0.6) is 0 Å². The molecule has 0 spiro atoms. The molecule has 0 aliphatic heterocycles. The Morgan fingerprint density at radius 3 is 2.21 bits per heavy atom. The van der Waals surface area contributed by atoms with E-state index < -0.39 is 0 Å². The topological polar surface area (TPSA) is 63.4 Å². The molecule has 4 nitrogen and oxygen atoms in total. The molecule has 0 saturated heterocycles. The normalized spacial score (nSPS) is 10.3. The van der Waals surface area contributed by atoms with Crippen molar-refractivity contribution < 1.29 is 9.59 Å². The summed E-state index contributed by atoms with van der Waals surface area (Å²) in [4.78, 5) is 23.8. The van der Waals surface area contributed by atoms with Crippen LogP contribution < -0.4 is 5.73 Å². The zero-order chi connectivity index (χ0) is 11.1. The lowest BCUT2D eigenvalue weighted by Gasteiger charge is -2.25. The first-order chi connectivity index (χ1) is 6.49. The lowest BCUT2D eigenvalue weighted by atomic mass is 10.2. The van der Waals surface area contributed by atoms with Crippen LogP contribution in [0.15, 0.2) is 0 Å². The number of nitrogens with zero attached hydrogens (tertiary/aromatic N) is 1. The van der Waals surface area contributed by atoms with Crippen molar-refractivity contribution in [3.05, 3.63) is 0 Å². The van der Waals surface area contributed by atoms with Gasteiger partial charge in [0.25, 0.3) is 0 Å². The highest BCUT2D eigenvalue weighted by Gasteiger charge is 2.14. The summed E-state index contributed by atoms with van der Waals surface area (Å²) in [6.45, 7) is 6.63. The predicted octanol–water partition coefficient (Wildman–Crippen LogP) is 0.899. The molecule has 4 heteroatoms. The van der Waals surface area contributed by atoms with Crippen molar-refractivity contribution in [1.82, 2.24) is 4.90 Å². The smallest absolute Gasteiger partial charge is 0.222 e. The van der Waals surface area contributed by atoms with E-state index in [0.717, 1.165) is 0 Å². The van der Waals surface area contributed by atoms with Crippen LogP contribution >= 0.6 is 0 Å². The van der Waals surface area contributed by atoms with Gasteiger partial charge in [0.2, 0.25) is 11.8 Å². The van der Waals surface area contributed by atoms with Crippen LogP contribution in [-0.2, 0) is 9.59 Å². The number of hydrogen-bond donors (Lipinski definition) is 1. The fourth-order valence-electron chi connectivity index (χ4n) is 1.39. The Kier molecular flexibility index (Phi) is 5.92. The second-order valence-electron chi connectivity index (χ2n) is 3.59. The van der Waals surface area contributed by atoms with Gasteiger partial charge in [-0.3, -0.25) is 9.59 Å². The van der Waals surface area contributed by atoms with Crippen LogP contribution in [-0.4, -0.2) is 29.3 Å². The van der Waals surface area contributed by atoms with Crippen molar-refractivity contribution in [3.8, 4) is 0 Å². The van der Waals surface area contributed by atoms with Gasteiger partial charge < -0.3 is 10.6 Å². The van der Waals surface area contributed by atoms with Gasteiger partial charge in [0.1, 0.15) is 0 Å². The van der Waals surface area contributed by atoms with E-state index in [4.69, 9.17) is 5.73 Å². The summed E-state index contributed by atoms with van der Waals surface area (Å²) in [5.74, 6) is -0.242. The maximum atomic E-state index is 11.6. The molecule has 0 aromatic heterocycles. The minimum Gasteiger partial charge on any atom is -0.370 e. The summed E-state index contributed by atoms with van der Waals surface area (Å²) in [6, 6.07) is 0.223. The molecular formula is C10H20N2O2. The van der Waals surface area contributed by atoms with E-state index >= 15 is 0 Å². The maximum absolute atomic E-state index is 11.6. The summed E-state index contributed by atoms with van der Waals surface area (Å²) >= 11 is 0. The molecule has 0 radical (unpaired) electrons. The Morgan fingerprint density at radius 2 is 1.86 bits per heavy atom. The zero-order valence-corrected chi connectivity index (χ0v) is 9.25. The van der Waals surface area contributed by atoms with Crippen LogP contribution in [0.4, 0.5) is 0 Å². The molecule has 0 atom stereocenters. The lowest BCUT2D eigenvalue weighted by molar-refractivity contribution is -0.132. The number of carbonyl (C=O) groups is 2. The average molecular weight is 200 g/mol. The van der Waals surface area contributed by atoms with Gasteiger partial charge in [-0.1, -0.05) is 0 Å². The third-order valence-corrected chi connectivity index (χ3v) is 2.10. The minimum atomic E-state index is -0.342. The molecule has 82 valence electrons. The van der Waals surface area contributed by atoms with Gasteiger partial charge in [-0.2, -0.15) is 0 Å². The first-order valence-corrected chi connectivity index (χ1v) is 5.06. The Bertz CT molecular complexity index is 202. The molecule has 0 aliphatic rings. The van der Waals surface area contributed by atoms with Crippen LogP contribution in [0.1, 0.15) is 40.0 Å². The van der Waals surface area contributed by atoms with Gasteiger partial charge in [0, 0.05) is 25.4 Å². The Labute approximate surface area is 85.4 Å². The van der Waals surface area contributed by atoms with Gasteiger partial charge in [-0.15, -0.1) is 0 Å². The molecular weight excluding hydrogens is 180 g/mol. The Morgan fingerprint density at radius 1 is 1.29 bits per heavy atom. The molecule has 0 aromatic rings. The molecule has 0 fully saturated rings. The fourth-order valence-corrected chi connectivity index (χ4v) is 1.39. The second-order valence-corrected chi connectivity index (χ2v) is 3.59. The molecule has 0 bridgehead atoms. The van der Waals surface area contributed by atoms with Gasteiger partial charge in [0.05, 0.1) is 0 Å². The standard InChI is InChI=1S/C10H20N2O2/c1-4-12(8(2)3)10(14)7-5-6-9(11)13/h8H,4-7H2,1-3H3,(H2,11,13). The molecule has 0 heterocycles. The highest BCUT2D eigenvalue weighted by Crippen LogP contribution is 2.04. The quantitative estimate of drug-likeness (QED) is 0.692. The van der Waals surface area contributed by atoms with Gasteiger partial charge in [-0.25, -0.2) is 0 Å². The average Bonchev–Trinajstić information content (AvgIpc) is 2.03.